The first kappa shape index (κ1) is 24.0. The van der Waals surface area contributed by atoms with Crippen molar-refractivity contribution in [3.8, 4) is 0 Å². The third-order valence-corrected chi connectivity index (χ3v) is 7.28. The quantitative estimate of drug-likeness (QED) is 0.205. The van der Waals surface area contributed by atoms with Gasteiger partial charge in [0.2, 0.25) is 5.91 Å². The van der Waals surface area contributed by atoms with Crippen LogP contribution in [-0.4, -0.2) is 32.7 Å². The number of hydrogen-bond acceptors (Lipinski definition) is 4. The molecule has 1 amide bonds. The second kappa shape index (κ2) is 9.84. The van der Waals surface area contributed by atoms with E-state index in [0.29, 0.717) is 19.4 Å². The fourth-order valence-corrected chi connectivity index (χ4v) is 5.20. The van der Waals surface area contributed by atoms with E-state index in [9.17, 15) is 4.79 Å². The van der Waals surface area contributed by atoms with E-state index in [-0.39, 0.29) is 11.9 Å². The largest absolute Gasteiger partial charge is 0.460 e. The van der Waals surface area contributed by atoms with Gasteiger partial charge in [-0.1, -0.05) is 54.6 Å². The summed E-state index contributed by atoms with van der Waals surface area (Å²) in [6.07, 6.45) is 3.17. The lowest BCUT2D eigenvalue weighted by Gasteiger charge is -2.31. The number of nitrogens with zero attached hydrogens (tertiary/aromatic N) is 1. The van der Waals surface area contributed by atoms with Crippen LogP contribution in [0.2, 0.25) is 0 Å². The van der Waals surface area contributed by atoms with Crippen molar-refractivity contribution >= 4 is 38.7 Å². The van der Waals surface area contributed by atoms with Crippen molar-refractivity contribution in [2.24, 2.45) is 0 Å². The van der Waals surface area contributed by atoms with E-state index in [4.69, 9.17) is 4.42 Å². The molecule has 6 rings (SSSR count). The minimum atomic E-state index is -0.881. The van der Waals surface area contributed by atoms with Gasteiger partial charge in [-0.3, -0.25) is 15.2 Å². The maximum Gasteiger partial charge on any atom is 0.240 e. The van der Waals surface area contributed by atoms with Crippen LogP contribution in [0.15, 0.2) is 89.5 Å². The summed E-state index contributed by atoms with van der Waals surface area (Å²) in [7, 11) is 0. The molecule has 7 heteroatoms. The molecule has 2 atom stereocenters. The van der Waals surface area contributed by atoms with Crippen molar-refractivity contribution in [1.82, 2.24) is 25.8 Å². The predicted octanol–water partition coefficient (Wildman–Crippen LogP) is 5.63. The Balaban J connectivity index is 1.24. The molecule has 38 heavy (non-hydrogen) atoms. The van der Waals surface area contributed by atoms with Gasteiger partial charge in [-0.15, -0.1) is 0 Å². The Morgan fingerprint density at radius 2 is 1.79 bits per heavy atom. The Hall–Kier alpha value is -4.36. The van der Waals surface area contributed by atoms with E-state index in [2.05, 4.69) is 44.0 Å². The molecule has 0 saturated carbocycles. The van der Waals surface area contributed by atoms with E-state index in [1.54, 1.807) is 0 Å². The van der Waals surface area contributed by atoms with E-state index < -0.39 is 5.54 Å². The van der Waals surface area contributed by atoms with Crippen molar-refractivity contribution in [2.75, 3.05) is 0 Å². The fraction of sp³-hybridized carbons (Fsp3) is 0.226. The van der Waals surface area contributed by atoms with E-state index in [0.717, 1.165) is 49.8 Å². The molecule has 0 spiro atoms. The third kappa shape index (κ3) is 4.68. The summed E-state index contributed by atoms with van der Waals surface area (Å²) in [5, 5.41) is 17.6. The van der Waals surface area contributed by atoms with Crippen molar-refractivity contribution in [2.45, 2.75) is 44.8 Å². The van der Waals surface area contributed by atoms with Crippen LogP contribution < -0.4 is 10.6 Å². The summed E-state index contributed by atoms with van der Waals surface area (Å²) in [6.45, 7) is 4.42. The van der Waals surface area contributed by atoms with Crippen molar-refractivity contribution < 1.29 is 9.21 Å². The summed E-state index contributed by atoms with van der Waals surface area (Å²) < 4.78 is 6.03. The number of amides is 1. The van der Waals surface area contributed by atoms with Crippen molar-refractivity contribution in [3.05, 3.63) is 102 Å². The van der Waals surface area contributed by atoms with Gasteiger partial charge in [0.15, 0.2) is 0 Å². The number of benzene rings is 3. The molecular weight excluding hydrogens is 474 g/mol. The van der Waals surface area contributed by atoms with Gasteiger partial charge in [0.05, 0.1) is 17.6 Å². The van der Waals surface area contributed by atoms with Gasteiger partial charge >= 0.3 is 0 Å². The number of hydrogen-bond donors (Lipinski definition) is 4. The fourth-order valence-electron chi connectivity index (χ4n) is 5.20. The van der Waals surface area contributed by atoms with Crippen molar-refractivity contribution in [3.63, 3.8) is 0 Å². The normalized spacial score (nSPS) is 14.2. The summed E-state index contributed by atoms with van der Waals surface area (Å²) >= 11 is 0. The van der Waals surface area contributed by atoms with Crippen molar-refractivity contribution in [1.29, 1.82) is 0 Å². The highest BCUT2D eigenvalue weighted by Crippen LogP contribution is 2.25. The zero-order chi connectivity index (χ0) is 26.1. The summed E-state index contributed by atoms with van der Waals surface area (Å²) in [5.74, 6) is 0.733. The zero-order valence-electron chi connectivity index (χ0n) is 21.5. The van der Waals surface area contributed by atoms with Gasteiger partial charge in [-0.2, -0.15) is 5.10 Å². The lowest BCUT2D eigenvalue weighted by molar-refractivity contribution is -0.127. The van der Waals surface area contributed by atoms with Gasteiger partial charge in [0.1, 0.15) is 11.3 Å². The molecule has 3 heterocycles. The lowest BCUT2D eigenvalue weighted by atomic mass is 9.90. The van der Waals surface area contributed by atoms with Crippen LogP contribution >= 0.6 is 0 Å². The van der Waals surface area contributed by atoms with Gasteiger partial charge in [0, 0.05) is 52.4 Å². The van der Waals surface area contributed by atoms with E-state index >= 15 is 0 Å². The standard InChI is InChI=1S/C31H31N5O2/c1-20(15-28-25-11-5-7-13-27(25)35-36-28)34-30(37)31(2,17-22-18-32-26-12-6-4-10-24(22)26)33-19-23-16-21-9-3-8-14-29(21)38-23/h3-14,16,18,20,32-33H,15,17,19H2,1-2H3,(H,34,37)(H,35,36). The first-order valence-corrected chi connectivity index (χ1v) is 13.0. The molecule has 3 aromatic heterocycles. The number of aromatic nitrogens is 3. The first-order valence-electron chi connectivity index (χ1n) is 13.0. The molecular formula is C31H31N5O2. The molecule has 0 fully saturated rings. The summed E-state index contributed by atoms with van der Waals surface area (Å²) in [5.41, 5.74) is 4.05. The van der Waals surface area contributed by atoms with Crippen LogP contribution in [0.3, 0.4) is 0 Å². The first-order chi connectivity index (χ1) is 18.5. The topological polar surface area (TPSA) is 98.7 Å². The van der Waals surface area contributed by atoms with Gasteiger partial charge in [-0.05, 0) is 43.7 Å². The molecule has 192 valence electrons. The number of rotatable bonds is 9. The minimum Gasteiger partial charge on any atom is -0.460 e. The van der Waals surface area contributed by atoms with Crippen LogP contribution in [0.4, 0.5) is 0 Å². The van der Waals surface area contributed by atoms with Crippen LogP contribution in [0, 0.1) is 0 Å². The Kier molecular flexibility index (Phi) is 6.21. The highest BCUT2D eigenvalue weighted by atomic mass is 16.3. The highest BCUT2D eigenvalue weighted by molar-refractivity contribution is 5.89. The zero-order valence-corrected chi connectivity index (χ0v) is 21.5. The molecule has 4 N–H and O–H groups in total. The highest BCUT2D eigenvalue weighted by Gasteiger charge is 2.35. The average Bonchev–Trinajstić information content (AvgIpc) is 3.65. The molecule has 3 aromatic carbocycles. The van der Waals surface area contributed by atoms with E-state index in [1.807, 2.05) is 80.7 Å². The van der Waals surface area contributed by atoms with Gasteiger partial charge in [0.25, 0.3) is 0 Å². The van der Waals surface area contributed by atoms with Crippen LogP contribution in [0.25, 0.3) is 32.8 Å². The molecule has 6 aromatic rings. The number of carbonyl (C=O) groups is 1. The second-order valence-electron chi connectivity index (χ2n) is 10.3. The summed E-state index contributed by atoms with van der Waals surface area (Å²) in [6, 6.07) is 26.1. The maximum absolute atomic E-state index is 13.9. The van der Waals surface area contributed by atoms with Crippen LogP contribution in [0.1, 0.15) is 30.9 Å². The number of fused-ring (bicyclic) bond motifs is 3. The molecule has 0 aliphatic rings. The lowest BCUT2D eigenvalue weighted by Crippen LogP contribution is -2.57. The van der Waals surface area contributed by atoms with Gasteiger partial charge in [-0.25, -0.2) is 0 Å². The molecule has 2 unspecified atom stereocenters. The number of carbonyl (C=O) groups excluding carboxylic acids is 1. The smallest absolute Gasteiger partial charge is 0.240 e. The Labute approximate surface area is 220 Å². The number of para-hydroxylation sites is 3. The molecule has 0 radical (unpaired) electrons. The van der Waals surface area contributed by atoms with Gasteiger partial charge < -0.3 is 14.7 Å². The van der Waals surface area contributed by atoms with E-state index in [1.165, 1.54) is 0 Å². The number of aromatic amines is 2. The average molecular weight is 506 g/mol. The Morgan fingerprint density at radius 3 is 2.66 bits per heavy atom. The minimum absolute atomic E-state index is 0.0600. The number of nitrogens with one attached hydrogen (secondary N) is 4. The molecule has 0 bridgehead atoms. The SMILES string of the molecule is CC(Cc1[nH]nc2ccccc12)NC(=O)C(C)(Cc1c[nH]c2ccccc12)NCc1cc2ccccc2o1. The Bertz CT molecular complexity index is 1700. The predicted molar refractivity (Wildman–Crippen MR) is 151 cm³/mol. The van der Waals surface area contributed by atoms with Crippen LogP contribution in [0.5, 0.6) is 0 Å². The molecule has 0 saturated heterocycles. The third-order valence-electron chi connectivity index (χ3n) is 7.28. The second-order valence-corrected chi connectivity index (χ2v) is 10.3. The molecule has 0 aliphatic heterocycles. The Morgan fingerprint density at radius 1 is 1.03 bits per heavy atom. The molecule has 7 nitrogen and oxygen atoms in total. The maximum atomic E-state index is 13.9. The molecule has 0 aliphatic carbocycles. The number of H-pyrrole nitrogens is 2. The van der Waals surface area contributed by atoms with Crippen LogP contribution in [-0.2, 0) is 24.2 Å². The monoisotopic (exact) mass is 505 g/mol. The summed E-state index contributed by atoms with van der Waals surface area (Å²) in [4.78, 5) is 17.2. The number of furan rings is 1.